The van der Waals surface area contributed by atoms with Crippen LogP contribution in [0, 0.1) is 0 Å². The van der Waals surface area contributed by atoms with E-state index < -0.39 is 10.9 Å². The Morgan fingerprint density at radius 2 is 1.21 bits per heavy atom. The van der Waals surface area contributed by atoms with Crippen molar-refractivity contribution in [3.63, 3.8) is 0 Å². The molecule has 1 unspecified atom stereocenters. The molecule has 4 rings (SSSR count). The summed E-state index contributed by atoms with van der Waals surface area (Å²) in [7, 11) is -0.430. The van der Waals surface area contributed by atoms with Gasteiger partial charge in [0.15, 0.2) is 14.7 Å². The van der Waals surface area contributed by atoms with E-state index in [-0.39, 0.29) is 18.7 Å². The molecule has 3 aromatic carbocycles. The number of epoxide rings is 1. The largest absolute Gasteiger partial charge is 0.498 e. The lowest BCUT2D eigenvalue weighted by Crippen LogP contribution is -2.11. The number of carbonyl (C=O) groups is 1. The van der Waals surface area contributed by atoms with Crippen LogP contribution in [0.4, 0.5) is 0 Å². The molecule has 38 heavy (non-hydrogen) atoms. The predicted molar refractivity (Wildman–Crippen MR) is 145 cm³/mol. The van der Waals surface area contributed by atoms with Gasteiger partial charge in [0, 0.05) is 0 Å². The highest BCUT2D eigenvalue weighted by Crippen LogP contribution is 2.33. The molecule has 1 atom stereocenters. The summed E-state index contributed by atoms with van der Waals surface area (Å²) in [5.41, 5.74) is 0.508. The summed E-state index contributed by atoms with van der Waals surface area (Å²) in [6.45, 7) is 9.73. The zero-order chi connectivity index (χ0) is 26.6. The van der Waals surface area contributed by atoms with Crippen molar-refractivity contribution < 1.29 is 33.2 Å². The minimum absolute atomic E-state index is 0.0343. The Hall–Kier alpha value is -3.88. The van der Waals surface area contributed by atoms with Crippen LogP contribution in [-0.2, 0) is 29.8 Å². The highest BCUT2D eigenvalue weighted by Gasteiger charge is 2.30. The van der Waals surface area contributed by atoms with Crippen LogP contribution in [0.25, 0.3) is 0 Å². The number of ether oxygens (including phenoxy) is 6. The smallest absolute Gasteiger partial charge is 0.338 e. The van der Waals surface area contributed by atoms with Gasteiger partial charge in [-0.25, -0.2) is 4.79 Å². The van der Waals surface area contributed by atoms with Crippen LogP contribution in [0.2, 0.25) is 0 Å². The molecule has 0 saturated carbocycles. The summed E-state index contributed by atoms with van der Waals surface area (Å²) in [4.78, 5) is 15.7. The molecule has 1 fully saturated rings. The molecule has 3 aromatic rings. The average molecular weight is 536 g/mol. The number of benzene rings is 3. The first kappa shape index (κ1) is 27.2. The Bertz CT molecular complexity index is 1110. The fraction of sp³-hybridized carbons (Fsp3) is 0.233. The van der Waals surface area contributed by atoms with Crippen LogP contribution in [0.15, 0.2) is 113 Å². The third-order valence-electron chi connectivity index (χ3n) is 5.42. The van der Waals surface area contributed by atoms with Gasteiger partial charge in [-0.05, 0) is 72.8 Å². The van der Waals surface area contributed by atoms with E-state index in [9.17, 15) is 4.79 Å². The predicted octanol–water partition coefficient (Wildman–Crippen LogP) is 5.42. The minimum Gasteiger partial charge on any atom is -0.498 e. The quantitative estimate of drug-likeness (QED) is 0.0798. The second kappa shape index (κ2) is 14.2. The summed E-state index contributed by atoms with van der Waals surface area (Å²) in [6, 6.07) is 23.6. The highest BCUT2D eigenvalue weighted by atomic mass is 32.2. The van der Waals surface area contributed by atoms with Crippen molar-refractivity contribution in [2.24, 2.45) is 0 Å². The van der Waals surface area contributed by atoms with E-state index in [1.54, 1.807) is 12.1 Å². The van der Waals surface area contributed by atoms with E-state index in [1.165, 1.54) is 12.5 Å². The van der Waals surface area contributed by atoms with Crippen LogP contribution in [-0.4, -0.2) is 51.7 Å². The Balaban J connectivity index is 1.52. The highest BCUT2D eigenvalue weighted by molar-refractivity contribution is 7.97. The molecule has 0 N–H and O–H groups in total. The van der Waals surface area contributed by atoms with Crippen molar-refractivity contribution in [3.05, 3.63) is 104 Å². The van der Waals surface area contributed by atoms with Crippen LogP contribution >= 0.6 is 0 Å². The lowest BCUT2D eigenvalue weighted by molar-refractivity contribution is 0.0476. The standard InChI is InChI=1S/C30H31O7S/c1-3-32-17-19-34-24-7-13-28(14-8-24)38(29-15-9-25(10-16-29)35-20-18-33-4-2)27-11-5-23(6-12-27)30(31)37-22-26-21-36-26/h3-16,26H,1-2,17-22H2/q+1. The van der Waals surface area contributed by atoms with E-state index in [1.807, 2.05) is 36.4 Å². The van der Waals surface area contributed by atoms with Crippen LogP contribution in [0.3, 0.4) is 0 Å². The molecule has 0 aliphatic carbocycles. The second-order valence-electron chi connectivity index (χ2n) is 8.10. The molecule has 1 aliphatic rings. The summed E-state index contributed by atoms with van der Waals surface area (Å²) in [6.07, 6.45) is 2.83. The molecule has 198 valence electrons. The molecule has 0 radical (unpaired) electrons. The normalized spacial score (nSPS) is 13.9. The molecule has 1 saturated heterocycles. The van der Waals surface area contributed by atoms with Crippen molar-refractivity contribution >= 4 is 16.9 Å². The van der Waals surface area contributed by atoms with Gasteiger partial charge in [0.25, 0.3) is 0 Å². The van der Waals surface area contributed by atoms with Gasteiger partial charge in [-0.15, -0.1) is 0 Å². The Morgan fingerprint density at radius 3 is 1.63 bits per heavy atom. The maximum Gasteiger partial charge on any atom is 0.338 e. The third kappa shape index (κ3) is 8.06. The van der Waals surface area contributed by atoms with E-state index in [0.29, 0.717) is 38.6 Å². The van der Waals surface area contributed by atoms with Crippen LogP contribution in [0.5, 0.6) is 11.5 Å². The molecule has 7 nitrogen and oxygen atoms in total. The zero-order valence-electron chi connectivity index (χ0n) is 21.1. The van der Waals surface area contributed by atoms with E-state index in [0.717, 1.165) is 26.2 Å². The third-order valence-corrected chi connectivity index (χ3v) is 7.65. The maximum atomic E-state index is 12.4. The van der Waals surface area contributed by atoms with Gasteiger partial charge in [-0.1, -0.05) is 13.2 Å². The van der Waals surface area contributed by atoms with E-state index in [2.05, 4.69) is 37.4 Å². The molecule has 1 aliphatic heterocycles. The summed E-state index contributed by atoms with van der Waals surface area (Å²) in [5.74, 6) is 1.16. The van der Waals surface area contributed by atoms with Gasteiger partial charge >= 0.3 is 5.97 Å². The molecule has 1 heterocycles. The zero-order valence-corrected chi connectivity index (χ0v) is 21.9. The fourth-order valence-corrected chi connectivity index (χ4v) is 5.52. The van der Waals surface area contributed by atoms with Gasteiger partial charge in [-0.3, -0.25) is 0 Å². The average Bonchev–Trinajstić information content (AvgIpc) is 3.79. The van der Waals surface area contributed by atoms with Crippen molar-refractivity contribution in [2.75, 3.05) is 39.6 Å². The molecular weight excluding hydrogens is 504 g/mol. The number of carbonyl (C=O) groups excluding carboxylic acids is 1. The Labute approximate surface area is 225 Å². The first-order valence-electron chi connectivity index (χ1n) is 12.2. The van der Waals surface area contributed by atoms with Gasteiger partial charge in [0.2, 0.25) is 0 Å². The first-order valence-corrected chi connectivity index (χ1v) is 13.4. The lowest BCUT2D eigenvalue weighted by Gasteiger charge is -2.11. The molecule has 0 spiro atoms. The van der Waals surface area contributed by atoms with Crippen molar-refractivity contribution in [3.8, 4) is 11.5 Å². The van der Waals surface area contributed by atoms with Crippen molar-refractivity contribution in [1.82, 2.24) is 0 Å². The van der Waals surface area contributed by atoms with Crippen LogP contribution in [0.1, 0.15) is 10.4 Å². The van der Waals surface area contributed by atoms with Crippen molar-refractivity contribution in [1.29, 1.82) is 0 Å². The Kier molecular flexibility index (Phi) is 10.1. The lowest BCUT2D eigenvalue weighted by atomic mass is 10.2. The minimum atomic E-state index is -0.430. The summed E-state index contributed by atoms with van der Waals surface area (Å²) in [5, 5.41) is 0. The monoisotopic (exact) mass is 535 g/mol. The fourth-order valence-electron chi connectivity index (χ4n) is 3.48. The second-order valence-corrected chi connectivity index (χ2v) is 10.1. The number of esters is 1. The first-order chi connectivity index (χ1) is 18.7. The molecule has 0 aromatic heterocycles. The number of hydrogen-bond acceptors (Lipinski definition) is 7. The number of rotatable bonds is 16. The van der Waals surface area contributed by atoms with Gasteiger partial charge in [0.1, 0.15) is 50.6 Å². The topological polar surface area (TPSA) is 75.8 Å². The van der Waals surface area contributed by atoms with E-state index in [4.69, 9.17) is 28.4 Å². The maximum absolute atomic E-state index is 12.4. The van der Waals surface area contributed by atoms with Gasteiger partial charge < -0.3 is 28.4 Å². The van der Waals surface area contributed by atoms with Crippen molar-refractivity contribution in [2.45, 2.75) is 20.8 Å². The van der Waals surface area contributed by atoms with Gasteiger partial charge in [0.05, 0.1) is 35.6 Å². The SMILES string of the molecule is C=COCCOc1ccc([S+](c2ccc(OCCOC=C)cc2)c2ccc(C(=O)OCC3CO3)cc2)cc1. The number of hydrogen-bond donors (Lipinski definition) is 0. The van der Waals surface area contributed by atoms with Crippen LogP contribution < -0.4 is 9.47 Å². The Morgan fingerprint density at radius 1 is 0.763 bits per heavy atom. The van der Waals surface area contributed by atoms with Gasteiger partial charge in [-0.2, -0.15) is 0 Å². The molecular formula is C30H31O7S+. The molecule has 0 amide bonds. The molecule has 8 heteroatoms. The van der Waals surface area contributed by atoms with E-state index >= 15 is 0 Å². The molecule has 0 bridgehead atoms. The summed E-state index contributed by atoms with van der Waals surface area (Å²) < 4.78 is 32.2. The summed E-state index contributed by atoms with van der Waals surface area (Å²) >= 11 is 0.